The molecule has 1 heterocycles. The van der Waals surface area contributed by atoms with Crippen LogP contribution in [0.25, 0.3) is 0 Å². The highest BCUT2D eigenvalue weighted by Gasteiger charge is 2.65. The topological polar surface area (TPSA) is 57.7 Å². The number of aryl methyl sites for hydroxylation is 2. The highest BCUT2D eigenvalue weighted by molar-refractivity contribution is 6.22. The summed E-state index contributed by atoms with van der Waals surface area (Å²) in [5, 5.41) is 0. The van der Waals surface area contributed by atoms with Gasteiger partial charge in [-0.3, -0.25) is 24.2 Å². The van der Waals surface area contributed by atoms with E-state index in [4.69, 9.17) is 0 Å². The maximum absolute atomic E-state index is 15.1. The SMILES string of the molecule is Cc1ccc(C2CC(=O)CC(c3ccc(C)cc3)C23C(=O)N(c2ccccc2)CN(c2ccccc2)C3=O)cc1. The molecular weight excluding hydrogens is 496 g/mol. The molecule has 4 aromatic carbocycles. The minimum atomic E-state index is -1.51. The van der Waals surface area contributed by atoms with Gasteiger partial charge in [-0.25, -0.2) is 0 Å². The molecule has 0 radical (unpaired) electrons. The number of ketones is 1. The van der Waals surface area contributed by atoms with Crippen molar-refractivity contribution in [3.8, 4) is 0 Å². The Kier molecular flexibility index (Phi) is 6.59. The first-order valence-electron chi connectivity index (χ1n) is 13.8. The van der Waals surface area contributed by atoms with Crippen LogP contribution in [-0.2, 0) is 14.4 Å². The van der Waals surface area contributed by atoms with Gasteiger partial charge in [0.1, 0.15) is 17.9 Å². The molecule has 0 aromatic heterocycles. The molecule has 5 nitrogen and oxygen atoms in total. The van der Waals surface area contributed by atoms with Gasteiger partial charge in [-0.15, -0.1) is 0 Å². The summed E-state index contributed by atoms with van der Waals surface area (Å²) in [6.45, 7) is 4.11. The second-order valence-corrected chi connectivity index (χ2v) is 11.0. The van der Waals surface area contributed by atoms with Gasteiger partial charge < -0.3 is 0 Å². The molecule has 1 saturated heterocycles. The van der Waals surface area contributed by atoms with Crippen molar-refractivity contribution < 1.29 is 14.4 Å². The van der Waals surface area contributed by atoms with Gasteiger partial charge in [-0.1, -0.05) is 96.1 Å². The molecule has 40 heavy (non-hydrogen) atoms. The smallest absolute Gasteiger partial charge is 0.245 e. The molecule has 1 aliphatic heterocycles. The number of benzene rings is 4. The summed E-state index contributed by atoms with van der Waals surface area (Å²) in [5.41, 5.74) is 3.76. The van der Waals surface area contributed by atoms with Crippen molar-refractivity contribution in [2.75, 3.05) is 16.5 Å². The molecular formula is C35H32N2O3. The van der Waals surface area contributed by atoms with Gasteiger partial charge in [0.05, 0.1) is 0 Å². The van der Waals surface area contributed by atoms with Crippen LogP contribution in [0.2, 0.25) is 0 Å². The lowest BCUT2D eigenvalue weighted by Crippen LogP contribution is -2.68. The Hall–Kier alpha value is -4.51. The molecule has 5 heteroatoms. The fourth-order valence-corrected chi connectivity index (χ4v) is 6.48. The van der Waals surface area contributed by atoms with Crippen molar-refractivity contribution in [1.29, 1.82) is 0 Å². The lowest BCUT2D eigenvalue weighted by Gasteiger charge is -2.54. The fraction of sp³-hybridized carbons (Fsp3) is 0.229. The first-order valence-corrected chi connectivity index (χ1v) is 13.8. The Labute approximate surface area is 235 Å². The quantitative estimate of drug-likeness (QED) is 0.282. The lowest BCUT2D eigenvalue weighted by molar-refractivity contribution is -0.150. The van der Waals surface area contributed by atoms with Crippen molar-refractivity contribution in [2.45, 2.75) is 38.5 Å². The van der Waals surface area contributed by atoms with Crippen LogP contribution >= 0.6 is 0 Å². The van der Waals surface area contributed by atoms with Crippen LogP contribution in [0, 0.1) is 19.3 Å². The third-order valence-corrected chi connectivity index (χ3v) is 8.54. The van der Waals surface area contributed by atoms with Crippen LogP contribution in [0.1, 0.15) is 46.9 Å². The third kappa shape index (κ3) is 4.22. The number of rotatable bonds is 4. The highest BCUT2D eigenvalue weighted by Crippen LogP contribution is 2.58. The van der Waals surface area contributed by atoms with E-state index in [0.717, 1.165) is 33.6 Å². The molecule has 2 fully saturated rings. The molecule has 2 aliphatic rings. The first kappa shape index (κ1) is 25.8. The monoisotopic (exact) mass is 528 g/mol. The summed E-state index contributed by atoms with van der Waals surface area (Å²) in [4.78, 5) is 47.0. The lowest BCUT2D eigenvalue weighted by atomic mass is 9.54. The molecule has 200 valence electrons. The third-order valence-electron chi connectivity index (χ3n) is 8.54. The predicted octanol–water partition coefficient (Wildman–Crippen LogP) is 6.56. The van der Waals surface area contributed by atoms with Gasteiger partial charge in [0, 0.05) is 36.1 Å². The van der Waals surface area contributed by atoms with Gasteiger partial charge in [-0.2, -0.15) is 0 Å². The molecule has 0 N–H and O–H groups in total. The van der Waals surface area contributed by atoms with E-state index in [2.05, 4.69) is 0 Å². The van der Waals surface area contributed by atoms with E-state index in [9.17, 15) is 4.79 Å². The molecule has 4 aromatic rings. The number of Topliss-reactive ketones (excluding diaryl/α,β-unsaturated/α-hetero) is 1. The Balaban J connectivity index is 1.64. The Bertz CT molecular complexity index is 1430. The van der Waals surface area contributed by atoms with Gasteiger partial charge in [0.15, 0.2) is 0 Å². The average Bonchev–Trinajstić information content (AvgIpc) is 2.98. The maximum atomic E-state index is 15.1. The zero-order valence-corrected chi connectivity index (χ0v) is 22.8. The van der Waals surface area contributed by atoms with Gasteiger partial charge in [0.2, 0.25) is 11.8 Å². The van der Waals surface area contributed by atoms with Gasteiger partial charge >= 0.3 is 0 Å². The summed E-state index contributed by atoms with van der Waals surface area (Å²) in [6.07, 6.45) is 0.266. The normalized spacial score (nSPS) is 20.7. The van der Waals surface area contributed by atoms with Crippen molar-refractivity contribution in [3.05, 3.63) is 131 Å². The molecule has 6 rings (SSSR count). The van der Waals surface area contributed by atoms with Crippen LogP contribution in [0.3, 0.4) is 0 Å². The van der Waals surface area contributed by atoms with Crippen molar-refractivity contribution in [3.63, 3.8) is 0 Å². The number of para-hydroxylation sites is 2. The number of anilines is 2. The Morgan fingerprint density at radius 2 is 0.925 bits per heavy atom. The van der Waals surface area contributed by atoms with E-state index >= 15 is 9.59 Å². The fourth-order valence-electron chi connectivity index (χ4n) is 6.48. The standard InChI is InChI=1S/C35H32N2O3/c1-24-13-17-26(18-14-24)31-21-30(38)22-32(27-19-15-25(2)16-20-27)35(31)33(39)36(28-9-5-3-6-10-28)23-37(34(35)40)29-11-7-4-8-12-29/h3-20,31-32H,21-23H2,1-2H3. The summed E-state index contributed by atoms with van der Waals surface area (Å²) in [6, 6.07) is 34.9. The number of hydrogen-bond donors (Lipinski definition) is 0. The predicted molar refractivity (Wildman–Crippen MR) is 157 cm³/mol. The maximum Gasteiger partial charge on any atom is 0.245 e. The van der Waals surface area contributed by atoms with Gasteiger partial charge in [-0.05, 0) is 49.2 Å². The van der Waals surface area contributed by atoms with Crippen LogP contribution < -0.4 is 9.80 Å². The van der Waals surface area contributed by atoms with E-state index < -0.39 is 17.3 Å². The van der Waals surface area contributed by atoms with E-state index in [1.807, 2.05) is 123 Å². The zero-order chi connectivity index (χ0) is 27.9. The number of carbonyl (C=O) groups is 3. The van der Waals surface area contributed by atoms with Crippen LogP contribution in [0.4, 0.5) is 11.4 Å². The Morgan fingerprint density at radius 1 is 0.550 bits per heavy atom. The van der Waals surface area contributed by atoms with Gasteiger partial charge in [0.25, 0.3) is 0 Å². The average molecular weight is 529 g/mol. The first-order chi connectivity index (χ1) is 19.4. The number of hydrogen-bond acceptors (Lipinski definition) is 3. The summed E-state index contributed by atoms with van der Waals surface area (Å²) in [5.74, 6) is -1.67. The van der Waals surface area contributed by atoms with Crippen molar-refractivity contribution >= 4 is 29.0 Å². The van der Waals surface area contributed by atoms with Crippen LogP contribution in [0.5, 0.6) is 0 Å². The van der Waals surface area contributed by atoms with E-state index in [1.54, 1.807) is 9.80 Å². The summed E-state index contributed by atoms with van der Waals surface area (Å²) < 4.78 is 0. The number of nitrogens with zero attached hydrogens (tertiary/aromatic N) is 2. The summed E-state index contributed by atoms with van der Waals surface area (Å²) >= 11 is 0. The van der Waals surface area contributed by atoms with E-state index in [0.29, 0.717) is 0 Å². The molecule has 1 saturated carbocycles. The number of carbonyl (C=O) groups excluding carboxylic acids is 3. The largest absolute Gasteiger partial charge is 0.300 e. The minimum Gasteiger partial charge on any atom is -0.300 e. The molecule has 1 spiro atoms. The van der Waals surface area contributed by atoms with Crippen molar-refractivity contribution in [2.24, 2.45) is 5.41 Å². The minimum absolute atomic E-state index is 0.0606. The zero-order valence-electron chi connectivity index (χ0n) is 22.8. The molecule has 1 aliphatic carbocycles. The summed E-state index contributed by atoms with van der Waals surface area (Å²) in [7, 11) is 0. The van der Waals surface area contributed by atoms with E-state index in [1.165, 1.54) is 0 Å². The molecule has 2 amide bonds. The number of amides is 2. The van der Waals surface area contributed by atoms with Crippen LogP contribution in [0.15, 0.2) is 109 Å². The second-order valence-electron chi connectivity index (χ2n) is 11.0. The van der Waals surface area contributed by atoms with E-state index in [-0.39, 0.29) is 37.1 Å². The van der Waals surface area contributed by atoms with Crippen molar-refractivity contribution in [1.82, 2.24) is 0 Å². The molecule has 2 unspecified atom stereocenters. The molecule has 0 bridgehead atoms. The van der Waals surface area contributed by atoms with Crippen LogP contribution in [-0.4, -0.2) is 24.3 Å². The Morgan fingerprint density at radius 3 is 1.30 bits per heavy atom. The highest BCUT2D eigenvalue weighted by atomic mass is 16.2. The molecule has 2 atom stereocenters. The second kappa shape index (κ2) is 10.2.